The number of aromatic nitrogens is 1. The highest BCUT2D eigenvalue weighted by atomic mass is 15.0. The van der Waals surface area contributed by atoms with Crippen LogP contribution in [0.15, 0.2) is 18.3 Å². The Hall–Kier alpha value is -1.56. The molecule has 0 amide bonds. The average molecular weight is 201 g/mol. The molecule has 78 valence electrons. The third-order valence-corrected chi connectivity index (χ3v) is 2.97. The summed E-state index contributed by atoms with van der Waals surface area (Å²) >= 11 is 0. The van der Waals surface area contributed by atoms with Crippen LogP contribution in [0.1, 0.15) is 32.4 Å². The van der Waals surface area contributed by atoms with Gasteiger partial charge in [0.15, 0.2) is 5.69 Å². The number of nitrogens with one attached hydrogen (secondary N) is 1. The minimum Gasteiger partial charge on any atom is -0.378 e. The van der Waals surface area contributed by atoms with E-state index in [1.54, 1.807) is 6.20 Å². The lowest BCUT2D eigenvalue weighted by Gasteiger charge is -2.27. The van der Waals surface area contributed by atoms with Crippen LogP contribution in [0.3, 0.4) is 0 Å². The van der Waals surface area contributed by atoms with E-state index in [4.69, 9.17) is 5.26 Å². The van der Waals surface area contributed by atoms with Crippen molar-refractivity contribution < 1.29 is 0 Å². The van der Waals surface area contributed by atoms with Crippen LogP contribution in [-0.4, -0.2) is 10.5 Å². The maximum Gasteiger partial charge on any atom is 0.163 e. The van der Waals surface area contributed by atoms with Crippen molar-refractivity contribution in [3.8, 4) is 6.07 Å². The lowest BCUT2D eigenvalue weighted by molar-refractivity contribution is 0.494. The summed E-state index contributed by atoms with van der Waals surface area (Å²) in [5.74, 6) is 0.726. The fraction of sp³-hybridized carbons (Fsp3) is 0.500. The molecule has 0 radical (unpaired) electrons. The van der Waals surface area contributed by atoms with E-state index >= 15 is 0 Å². The molecule has 1 N–H and O–H groups in total. The van der Waals surface area contributed by atoms with E-state index in [1.807, 2.05) is 12.1 Å². The number of nitrogens with zero attached hydrogens (tertiary/aromatic N) is 2. The second-order valence-corrected chi connectivity index (χ2v) is 4.63. The van der Waals surface area contributed by atoms with Crippen molar-refractivity contribution in [3.63, 3.8) is 0 Å². The topological polar surface area (TPSA) is 48.7 Å². The number of hydrogen-bond donors (Lipinski definition) is 1. The normalized spacial score (nSPS) is 15.8. The van der Waals surface area contributed by atoms with E-state index in [1.165, 1.54) is 12.8 Å². The van der Waals surface area contributed by atoms with Gasteiger partial charge in [-0.15, -0.1) is 0 Å². The van der Waals surface area contributed by atoms with Crippen LogP contribution in [0.25, 0.3) is 0 Å². The Labute approximate surface area is 90.1 Å². The highest BCUT2D eigenvalue weighted by Crippen LogP contribution is 2.41. The summed E-state index contributed by atoms with van der Waals surface area (Å²) in [7, 11) is 0. The van der Waals surface area contributed by atoms with Gasteiger partial charge >= 0.3 is 0 Å². The first-order valence-electron chi connectivity index (χ1n) is 5.27. The third-order valence-electron chi connectivity index (χ3n) is 2.97. The fourth-order valence-electron chi connectivity index (χ4n) is 1.85. The molecule has 0 atom stereocenters. The number of pyridine rings is 1. The molecule has 3 nitrogen and oxygen atoms in total. The van der Waals surface area contributed by atoms with Gasteiger partial charge in [0.05, 0.1) is 5.69 Å². The van der Waals surface area contributed by atoms with Gasteiger partial charge in [0.25, 0.3) is 0 Å². The van der Waals surface area contributed by atoms with E-state index in [-0.39, 0.29) is 5.54 Å². The Kier molecular flexibility index (Phi) is 2.36. The Morgan fingerprint density at radius 2 is 2.27 bits per heavy atom. The van der Waals surface area contributed by atoms with Crippen molar-refractivity contribution >= 4 is 5.69 Å². The van der Waals surface area contributed by atoms with E-state index in [0.29, 0.717) is 5.69 Å². The zero-order valence-corrected chi connectivity index (χ0v) is 9.12. The van der Waals surface area contributed by atoms with Gasteiger partial charge in [-0.1, -0.05) is 0 Å². The molecule has 1 aromatic heterocycles. The Bertz CT molecular complexity index is 400. The van der Waals surface area contributed by atoms with Crippen molar-refractivity contribution in [2.75, 3.05) is 5.32 Å². The average Bonchev–Trinajstić information content (AvgIpc) is 3.01. The molecular weight excluding hydrogens is 186 g/mol. The molecule has 0 aliphatic heterocycles. The predicted molar refractivity (Wildman–Crippen MR) is 59.4 cm³/mol. The van der Waals surface area contributed by atoms with Crippen LogP contribution in [0.5, 0.6) is 0 Å². The second-order valence-electron chi connectivity index (χ2n) is 4.63. The molecule has 1 aromatic rings. The summed E-state index contributed by atoms with van der Waals surface area (Å²) in [5, 5.41) is 12.3. The lowest BCUT2D eigenvalue weighted by Crippen LogP contribution is -2.33. The largest absolute Gasteiger partial charge is 0.378 e. The number of rotatable bonds is 3. The molecule has 0 aromatic carbocycles. The van der Waals surface area contributed by atoms with Crippen molar-refractivity contribution in [3.05, 3.63) is 24.0 Å². The van der Waals surface area contributed by atoms with Crippen LogP contribution < -0.4 is 5.32 Å². The van der Waals surface area contributed by atoms with Crippen molar-refractivity contribution in [2.24, 2.45) is 5.92 Å². The fourth-order valence-corrected chi connectivity index (χ4v) is 1.85. The number of anilines is 1. The Morgan fingerprint density at radius 1 is 1.53 bits per heavy atom. The van der Waals surface area contributed by atoms with Crippen molar-refractivity contribution in [1.29, 1.82) is 5.26 Å². The van der Waals surface area contributed by atoms with E-state index in [9.17, 15) is 0 Å². The minimum absolute atomic E-state index is 0.0641. The predicted octanol–water partition coefficient (Wildman–Crippen LogP) is 2.55. The molecule has 1 fully saturated rings. The standard InChI is InChI=1S/C12H15N3/c1-12(2,9-5-6-9)15-10-4-3-7-14-11(10)8-13/h3-4,7,9,15H,5-6H2,1-2H3. The summed E-state index contributed by atoms with van der Waals surface area (Å²) in [4.78, 5) is 4.04. The first-order chi connectivity index (χ1) is 7.13. The van der Waals surface area contributed by atoms with Gasteiger partial charge in [-0.3, -0.25) is 0 Å². The maximum atomic E-state index is 8.92. The molecule has 0 unspecified atom stereocenters. The number of nitriles is 1. The molecule has 3 heteroatoms. The van der Waals surface area contributed by atoms with Gasteiger partial charge in [-0.25, -0.2) is 4.98 Å². The van der Waals surface area contributed by atoms with E-state index in [2.05, 4.69) is 30.2 Å². The van der Waals surface area contributed by atoms with Crippen molar-refractivity contribution in [1.82, 2.24) is 4.98 Å². The molecule has 0 spiro atoms. The van der Waals surface area contributed by atoms with E-state index < -0.39 is 0 Å². The van der Waals surface area contributed by atoms with Gasteiger partial charge in [-0.2, -0.15) is 5.26 Å². The Balaban J connectivity index is 2.20. The molecule has 1 heterocycles. The van der Waals surface area contributed by atoms with Gasteiger partial charge in [0, 0.05) is 11.7 Å². The molecule has 0 bridgehead atoms. The smallest absolute Gasteiger partial charge is 0.163 e. The highest BCUT2D eigenvalue weighted by Gasteiger charge is 2.37. The number of hydrogen-bond acceptors (Lipinski definition) is 3. The van der Waals surface area contributed by atoms with Gasteiger partial charge in [0.1, 0.15) is 6.07 Å². The molecule has 2 rings (SSSR count). The summed E-state index contributed by atoms with van der Waals surface area (Å²) in [5.41, 5.74) is 1.39. The van der Waals surface area contributed by atoms with Crippen molar-refractivity contribution in [2.45, 2.75) is 32.2 Å². The van der Waals surface area contributed by atoms with Crippen LogP contribution in [0.4, 0.5) is 5.69 Å². The van der Waals surface area contributed by atoms with Gasteiger partial charge < -0.3 is 5.32 Å². The summed E-state index contributed by atoms with van der Waals surface area (Å²) in [6, 6.07) is 5.87. The molecular formula is C12H15N3. The lowest BCUT2D eigenvalue weighted by atomic mass is 9.98. The first kappa shape index (κ1) is 9.97. The molecule has 0 saturated heterocycles. The maximum absolute atomic E-state index is 8.92. The van der Waals surface area contributed by atoms with Gasteiger partial charge in [-0.05, 0) is 44.7 Å². The quantitative estimate of drug-likeness (QED) is 0.817. The Morgan fingerprint density at radius 3 is 2.87 bits per heavy atom. The molecule has 1 aliphatic rings. The van der Waals surface area contributed by atoms with Crippen LogP contribution in [-0.2, 0) is 0 Å². The molecule has 1 aliphatic carbocycles. The zero-order valence-electron chi connectivity index (χ0n) is 9.12. The summed E-state index contributed by atoms with van der Waals surface area (Å²) in [6.45, 7) is 4.36. The molecule has 1 saturated carbocycles. The summed E-state index contributed by atoms with van der Waals surface area (Å²) < 4.78 is 0. The SMILES string of the molecule is CC(C)(Nc1cccnc1C#N)C1CC1. The van der Waals surface area contributed by atoms with Gasteiger partial charge in [0.2, 0.25) is 0 Å². The highest BCUT2D eigenvalue weighted by molar-refractivity contribution is 5.55. The second kappa shape index (κ2) is 3.54. The van der Waals surface area contributed by atoms with Crippen LogP contribution in [0.2, 0.25) is 0 Å². The monoisotopic (exact) mass is 201 g/mol. The first-order valence-corrected chi connectivity index (χ1v) is 5.27. The van der Waals surface area contributed by atoms with Crippen LogP contribution >= 0.6 is 0 Å². The summed E-state index contributed by atoms with van der Waals surface area (Å²) in [6.07, 6.45) is 4.21. The molecule has 15 heavy (non-hydrogen) atoms. The third kappa shape index (κ3) is 2.10. The minimum atomic E-state index is 0.0641. The van der Waals surface area contributed by atoms with Crippen LogP contribution in [0, 0.1) is 17.2 Å². The van der Waals surface area contributed by atoms with E-state index in [0.717, 1.165) is 11.6 Å². The zero-order chi connectivity index (χ0) is 10.9.